The minimum atomic E-state index is 0.172. The summed E-state index contributed by atoms with van der Waals surface area (Å²) < 4.78 is 1.79. The van der Waals surface area contributed by atoms with E-state index in [4.69, 9.17) is 12.3 Å². The van der Waals surface area contributed by atoms with Gasteiger partial charge in [-0.25, -0.2) is 21.5 Å². The molecule has 0 unspecified atom stereocenters. The normalized spacial score (nSPS) is 10.5. The van der Waals surface area contributed by atoms with Crippen LogP contribution in [-0.4, -0.2) is 19.5 Å². The number of hydrogen-bond donors (Lipinski definition) is 1. The largest absolute Gasteiger partial charge is 0.382 e. The molecule has 0 aliphatic rings. The third kappa shape index (κ3) is 1.77. The van der Waals surface area contributed by atoms with E-state index in [2.05, 4.69) is 19.8 Å². The molecule has 92 valence electrons. The van der Waals surface area contributed by atoms with Crippen molar-refractivity contribution in [3.05, 3.63) is 48.1 Å². The van der Waals surface area contributed by atoms with E-state index in [9.17, 15) is 0 Å². The summed E-state index contributed by atoms with van der Waals surface area (Å²) >= 11 is 0. The Morgan fingerprint density at radius 1 is 1.21 bits per heavy atom. The van der Waals surface area contributed by atoms with E-state index in [0.29, 0.717) is 17.3 Å². The Bertz CT molecular complexity index is 783. The van der Waals surface area contributed by atoms with Gasteiger partial charge < -0.3 is 5.73 Å². The number of imidazole rings is 1. The average Bonchev–Trinajstić information content (AvgIpc) is 2.79. The second-order valence-electron chi connectivity index (χ2n) is 3.94. The minimum absolute atomic E-state index is 0.172. The molecule has 3 aromatic rings. The lowest BCUT2D eigenvalue weighted by Gasteiger charge is -2.03. The molecule has 0 saturated heterocycles. The van der Waals surface area contributed by atoms with Crippen molar-refractivity contribution >= 4 is 16.9 Å². The van der Waals surface area contributed by atoms with E-state index >= 15 is 0 Å². The molecule has 3 rings (SSSR count). The lowest BCUT2D eigenvalue weighted by molar-refractivity contribution is 0.850. The first-order valence-corrected chi connectivity index (χ1v) is 5.66. The predicted molar refractivity (Wildman–Crippen MR) is 71.8 cm³/mol. The van der Waals surface area contributed by atoms with Crippen LogP contribution in [0.1, 0.15) is 0 Å². The van der Waals surface area contributed by atoms with Crippen molar-refractivity contribution in [3.63, 3.8) is 0 Å². The Labute approximate surface area is 109 Å². The highest BCUT2D eigenvalue weighted by molar-refractivity contribution is 5.81. The number of rotatable bonds is 2. The van der Waals surface area contributed by atoms with Gasteiger partial charge in [0.05, 0.1) is 11.0 Å². The average molecular weight is 250 g/mol. The van der Waals surface area contributed by atoms with Crippen LogP contribution in [-0.2, 0) is 6.67 Å². The molecular formula is C13H10N6. The van der Waals surface area contributed by atoms with Crippen molar-refractivity contribution in [1.29, 1.82) is 0 Å². The number of nitrogen functional groups attached to an aromatic ring is 1. The molecule has 0 fully saturated rings. The SMILES string of the molecule is [C-]#[N+]Cn1c(-c2nccnc2N)nc2ccccc21. The number of fused-ring (bicyclic) bond motifs is 1. The van der Waals surface area contributed by atoms with Crippen molar-refractivity contribution in [3.8, 4) is 11.5 Å². The van der Waals surface area contributed by atoms with Crippen LogP contribution in [0.4, 0.5) is 5.82 Å². The summed E-state index contributed by atoms with van der Waals surface area (Å²) in [4.78, 5) is 16.2. The molecule has 0 aliphatic heterocycles. The van der Waals surface area contributed by atoms with Crippen LogP contribution < -0.4 is 5.73 Å². The van der Waals surface area contributed by atoms with E-state index in [0.717, 1.165) is 11.0 Å². The molecule has 0 radical (unpaired) electrons. The summed E-state index contributed by atoms with van der Waals surface area (Å²) in [7, 11) is 0. The summed E-state index contributed by atoms with van der Waals surface area (Å²) in [6, 6.07) is 7.63. The second-order valence-corrected chi connectivity index (χ2v) is 3.94. The molecule has 0 saturated carbocycles. The maximum Gasteiger partial charge on any atom is 0.294 e. The zero-order valence-electron chi connectivity index (χ0n) is 9.98. The fraction of sp³-hybridized carbons (Fsp3) is 0.0769. The van der Waals surface area contributed by atoms with Gasteiger partial charge in [0.2, 0.25) is 0 Å². The molecular weight excluding hydrogens is 240 g/mol. The lowest BCUT2D eigenvalue weighted by Crippen LogP contribution is -2.03. The van der Waals surface area contributed by atoms with Gasteiger partial charge in [-0.1, -0.05) is 12.1 Å². The van der Waals surface area contributed by atoms with Gasteiger partial charge in [-0.05, 0) is 12.1 Å². The quantitative estimate of drug-likeness (QED) is 0.705. The first kappa shape index (κ1) is 11.2. The summed E-state index contributed by atoms with van der Waals surface area (Å²) in [5.41, 5.74) is 8.04. The van der Waals surface area contributed by atoms with Crippen LogP contribution in [0.2, 0.25) is 0 Å². The summed E-state index contributed by atoms with van der Waals surface area (Å²) in [6.45, 7) is 7.25. The molecule has 6 nitrogen and oxygen atoms in total. The maximum absolute atomic E-state index is 7.08. The number of nitrogens with zero attached hydrogens (tertiary/aromatic N) is 5. The van der Waals surface area contributed by atoms with E-state index in [1.165, 1.54) is 6.20 Å². The van der Waals surface area contributed by atoms with Crippen LogP contribution in [0.5, 0.6) is 0 Å². The van der Waals surface area contributed by atoms with Crippen LogP contribution in [0, 0.1) is 6.57 Å². The van der Waals surface area contributed by atoms with Gasteiger partial charge in [0.15, 0.2) is 11.6 Å². The topological polar surface area (TPSA) is 74.0 Å². The molecule has 0 amide bonds. The summed E-state index contributed by atoms with van der Waals surface area (Å²) in [5, 5.41) is 0. The van der Waals surface area contributed by atoms with Gasteiger partial charge >= 0.3 is 0 Å². The monoisotopic (exact) mass is 250 g/mol. The van der Waals surface area contributed by atoms with E-state index < -0.39 is 0 Å². The first-order chi connectivity index (χ1) is 9.31. The highest BCUT2D eigenvalue weighted by Crippen LogP contribution is 2.25. The Morgan fingerprint density at radius 3 is 2.79 bits per heavy atom. The van der Waals surface area contributed by atoms with Crippen LogP contribution in [0.15, 0.2) is 36.7 Å². The highest BCUT2D eigenvalue weighted by Gasteiger charge is 2.17. The smallest absolute Gasteiger partial charge is 0.294 e. The van der Waals surface area contributed by atoms with Gasteiger partial charge in [0, 0.05) is 12.4 Å². The van der Waals surface area contributed by atoms with Crippen molar-refractivity contribution in [2.45, 2.75) is 6.67 Å². The Hall–Kier alpha value is -2.94. The lowest BCUT2D eigenvalue weighted by atomic mass is 10.3. The zero-order valence-corrected chi connectivity index (χ0v) is 9.98. The fourth-order valence-corrected chi connectivity index (χ4v) is 1.99. The fourth-order valence-electron chi connectivity index (χ4n) is 1.99. The number of aromatic nitrogens is 4. The summed E-state index contributed by atoms with van der Waals surface area (Å²) in [5.74, 6) is 0.881. The zero-order chi connectivity index (χ0) is 13.2. The number of hydrogen-bond acceptors (Lipinski definition) is 4. The highest BCUT2D eigenvalue weighted by atomic mass is 15.2. The van der Waals surface area contributed by atoms with Crippen molar-refractivity contribution in [2.75, 3.05) is 5.73 Å². The third-order valence-corrected chi connectivity index (χ3v) is 2.81. The van der Waals surface area contributed by atoms with Gasteiger partial charge in [0.25, 0.3) is 6.67 Å². The molecule has 0 spiro atoms. The van der Waals surface area contributed by atoms with E-state index in [-0.39, 0.29) is 6.67 Å². The predicted octanol–water partition coefficient (Wildman–Crippen LogP) is 1.95. The van der Waals surface area contributed by atoms with Gasteiger partial charge in [-0.3, -0.25) is 9.41 Å². The third-order valence-electron chi connectivity index (χ3n) is 2.81. The molecule has 2 aromatic heterocycles. The standard InChI is InChI=1S/C13H10N6/c1-15-8-19-10-5-3-2-4-9(10)18-13(19)11-12(14)17-7-6-16-11/h2-7H,8H2,(H2,14,17). The first-order valence-electron chi connectivity index (χ1n) is 5.66. The molecule has 0 atom stereocenters. The second kappa shape index (κ2) is 4.38. The van der Waals surface area contributed by atoms with Crippen molar-refractivity contribution in [2.24, 2.45) is 0 Å². The molecule has 0 bridgehead atoms. The number of benzene rings is 1. The Kier molecular flexibility index (Phi) is 2.58. The molecule has 2 heterocycles. The maximum atomic E-state index is 7.08. The van der Waals surface area contributed by atoms with Gasteiger partial charge in [-0.15, -0.1) is 0 Å². The van der Waals surface area contributed by atoms with Crippen LogP contribution in [0.25, 0.3) is 27.4 Å². The minimum Gasteiger partial charge on any atom is -0.382 e. The van der Waals surface area contributed by atoms with Crippen molar-refractivity contribution < 1.29 is 0 Å². The molecule has 6 heteroatoms. The molecule has 0 aliphatic carbocycles. The summed E-state index contributed by atoms with van der Waals surface area (Å²) in [6.07, 6.45) is 3.09. The molecule has 19 heavy (non-hydrogen) atoms. The van der Waals surface area contributed by atoms with Crippen molar-refractivity contribution in [1.82, 2.24) is 19.5 Å². The Morgan fingerprint density at radius 2 is 2.00 bits per heavy atom. The molecule has 1 aromatic carbocycles. The molecule has 2 N–H and O–H groups in total. The van der Waals surface area contributed by atoms with Crippen LogP contribution >= 0.6 is 0 Å². The number of nitrogens with two attached hydrogens (primary N) is 1. The number of anilines is 1. The Balaban J connectivity index is 2.32. The number of para-hydroxylation sites is 2. The van der Waals surface area contributed by atoms with E-state index in [1.54, 1.807) is 10.8 Å². The van der Waals surface area contributed by atoms with E-state index in [1.807, 2.05) is 24.3 Å². The van der Waals surface area contributed by atoms with Gasteiger partial charge in [0.1, 0.15) is 5.69 Å². The van der Waals surface area contributed by atoms with Crippen LogP contribution in [0.3, 0.4) is 0 Å². The van der Waals surface area contributed by atoms with Gasteiger partial charge in [-0.2, -0.15) is 0 Å².